The van der Waals surface area contributed by atoms with Gasteiger partial charge in [0, 0.05) is 6.42 Å². The molecule has 0 aliphatic heterocycles. The van der Waals surface area contributed by atoms with Gasteiger partial charge >= 0.3 is 11.9 Å². The van der Waals surface area contributed by atoms with Gasteiger partial charge in [0.05, 0.1) is 0 Å². The Morgan fingerprint density at radius 2 is 1.20 bits per heavy atom. The van der Waals surface area contributed by atoms with Crippen LogP contribution in [-0.4, -0.2) is 35.4 Å². The van der Waals surface area contributed by atoms with Crippen molar-refractivity contribution >= 4 is 11.9 Å². The molecule has 0 unspecified atom stereocenters. The summed E-state index contributed by atoms with van der Waals surface area (Å²) in [5.74, 6) is -1.11. The molecule has 0 saturated heterocycles. The minimum Gasteiger partial charge on any atom is -0.482 e. The zero-order chi connectivity index (χ0) is 18.4. The lowest BCUT2D eigenvalue weighted by atomic mass is 10.0. The van der Waals surface area contributed by atoms with Gasteiger partial charge in [0.15, 0.2) is 13.2 Å². The lowest BCUT2D eigenvalue weighted by Gasteiger charge is -2.14. The normalized spacial score (nSPS) is 10.3. The predicted molar refractivity (Wildman–Crippen MR) is 91.4 cm³/mol. The summed E-state index contributed by atoms with van der Waals surface area (Å²) in [6, 6.07) is 11.1. The van der Waals surface area contributed by atoms with Crippen molar-refractivity contribution in [3.8, 4) is 11.5 Å². The van der Waals surface area contributed by atoms with E-state index in [0.29, 0.717) is 17.9 Å². The zero-order valence-corrected chi connectivity index (χ0v) is 14.1. The van der Waals surface area contributed by atoms with Gasteiger partial charge in [-0.05, 0) is 48.2 Å². The molecular formula is C19H20O6. The summed E-state index contributed by atoms with van der Waals surface area (Å²) in [7, 11) is 0. The smallest absolute Gasteiger partial charge is 0.341 e. The van der Waals surface area contributed by atoms with Crippen molar-refractivity contribution in [1.82, 2.24) is 0 Å². The maximum atomic E-state index is 10.8. The number of carbonyl (C=O) groups is 2. The molecule has 0 aliphatic carbocycles. The second kappa shape index (κ2) is 8.19. The number of aliphatic carboxylic acids is 2. The maximum absolute atomic E-state index is 10.8. The Bertz CT molecular complexity index is 716. The second-order valence-corrected chi connectivity index (χ2v) is 5.76. The van der Waals surface area contributed by atoms with Gasteiger partial charge < -0.3 is 19.7 Å². The highest BCUT2D eigenvalue weighted by Gasteiger charge is 2.12. The number of hydrogen-bond acceptors (Lipinski definition) is 4. The summed E-state index contributed by atoms with van der Waals surface area (Å²) < 4.78 is 10.8. The average Bonchev–Trinajstić information content (AvgIpc) is 2.54. The van der Waals surface area contributed by atoms with E-state index in [1.165, 1.54) is 0 Å². The van der Waals surface area contributed by atoms with Gasteiger partial charge in [0.25, 0.3) is 0 Å². The standard InChI is InChI=1S/C19H20O6/c1-12-3-5-14(16(7-12)24-10-18(20)21)9-15-6-4-13(2)8-17(15)25-11-19(22)23/h3-8H,9-11H2,1-2H3,(H,20,21)(H,22,23). The lowest BCUT2D eigenvalue weighted by Crippen LogP contribution is -2.12. The van der Waals surface area contributed by atoms with E-state index in [4.69, 9.17) is 19.7 Å². The molecule has 2 N–H and O–H groups in total. The van der Waals surface area contributed by atoms with Gasteiger partial charge in [0.2, 0.25) is 0 Å². The summed E-state index contributed by atoms with van der Waals surface area (Å²) in [6.45, 7) is 2.94. The van der Waals surface area contributed by atoms with Crippen molar-refractivity contribution < 1.29 is 29.3 Å². The van der Waals surface area contributed by atoms with E-state index >= 15 is 0 Å². The third-order valence-corrected chi connectivity index (χ3v) is 3.53. The molecule has 0 radical (unpaired) electrons. The van der Waals surface area contributed by atoms with Crippen molar-refractivity contribution in [2.24, 2.45) is 0 Å². The fraction of sp³-hybridized carbons (Fsp3) is 0.263. The Hall–Kier alpha value is -3.02. The molecule has 0 spiro atoms. The largest absolute Gasteiger partial charge is 0.482 e. The van der Waals surface area contributed by atoms with E-state index < -0.39 is 25.2 Å². The summed E-state index contributed by atoms with van der Waals surface area (Å²) in [5.41, 5.74) is 3.51. The highest BCUT2D eigenvalue weighted by Crippen LogP contribution is 2.28. The first-order valence-corrected chi connectivity index (χ1v) is 7.73. The van der Waals surface area contributed by atoms with Crippen LogP contribution in [0.5, 0.6) is 11.5 Å². The van der Waals surface area contributed by atoms with Crippen LogP contribution in [0.4, 0.5) is 0 Å². The minimum atomic E-state index is -1.05. The lowest BCUT2D eigenvalue weighted by molar-refractivity contribution is -0.140. The fourth-order valence-electron chi connectivity index (χ4n) is 2.37. The monoisotopic (exact) mass is 344 g/mol. The van der Waals surface area contributed by atoms with Gasteiger partial charge in [-0.25, -0.2) is 9.59 Å². The van der Waals surface area contributed by atoms with Crippen LogP contribution < -0.4 is 9.47 Å². The number of hydrogen-bond donors (Lipinski definition) is 2. The van der Waals surface area contributed by atoms with Crippen LogP contribution in [0.15, 0.2) is 36.4 Å². The van der Waals surface area contributed by atoms with E-state index in [-0.39, 0.29) is 0 Å². The molecule has 6 heteroatoms. The van der Waals surface area contributed by atoms with E-state index in [1.807, 2.05) is 38.1 Å². The number of ether oxygens (including phenoxy) is 2. The van der Waals surface area contributed by atoms with Crippen LogP contribution in [0.1, 0.15) is 22.3 Å². The van der Waals surface area contributed by atoms with E-state index in [2.05, 4.69) is 0 Å². The summed E-state index contributed by atoms with van der Waals surface area (Å²) >= 11 is 0. The average molecular weight is 344 g/mol. The maximum Gasteiger partial charge on any atom is 0.341 e. The highest BCUT2D eigenvalue weighted by molar-refractivity contribution is 5.69. The van der Waals surface area contributed by atoms with Crippen LogP contribution >= 0.6 is 0 Å². The van der Waals surface area contributed by atoms with E-state index in [0.717, 1.165) is 22.3 Å². The minimum absolute atomic E-state index is 0.424. The molecule has 2 rings (SSSR count). The predicted octanol–water partition coefficient (Wildman–Crippen LogP) is 2.82. The van der Waals surface area contributed by atoms with Crippen LogP contribution in [-0.2, 0) is 16.0 Å². The molecule has 25 heavy (non-hydrogen) atoms. The van der Waals surface area contributed by atoms with Crippen LogP contribution in [0.25, 0.3) is 0 Å². The number of benzene rings is 2. The first-order chi connectivity index (χ1) is 11.8. The molecule has 0 bridgehead atoms. The molecule has 0 atom stereocenters. The van der Waals surface area contributed by atoms with Gasteiger partial charge in [-0.3, -0.25) is 0 Å². The second-order valence-electron chi connectivity index (χ2n) is 5.76. The molecule has 0 amide bonds. The summed E-state index contributed by atoms with van der Waals surface area (Å²) in [5, 5.41) is 17.6. The number of carboxylic acid groups (broad SMARTS) is 2. The Balaban J connectivity index is 2.29. The summed E-state index contributed by atoms with van der Waals surface area (Å²) in [4.78, 5) is 21.5. The molecular weight excluding hydrogens is 324 g/mol. The Morgan fingerprint density at radius 3 is 1.56 bits per heavy atom. The first kappa shape index (κ1) is 18.3. The van der Waals surface area contributed by atoms with Gasteiger partial charge in [0.1, 0.15) is 11.5 Å². The molecule has 0 saturated carbocycles. The highest BCUT2D eigenvalue weighted by atomic mass is 16.5. The van der Waals surface area contributed by atoms with Crippen molar-refractivity contribution in [1.29, 1.82) is 0 Å². The Kier molecular flexibility index (Phi) is 6.00. The number of aryl methyl sites for hydroxylation is 2. The van der Waals surface area contributed by atoms with Crippen LogP contribution in [0.3, 0.4) is 0 Å². The Labute approximate surface area is 145 Å². The van der Waals surface area contributed by atoms with E-state index in [1.54, 1.807) is 12.1 Å². The first-order valence-electron chi connectivity index (χ1n) is 7.73. The van der Waals surface area contributed by atoms with Crippen molar-refractivity contribution in [2.45, 2.75) is 20.3 Å². The zero-order valence-electron chi connectivity index (χ0n) is 14.1. The van der Waals surface area contributed by atoms with Crippen molar-refractivity contribution in [3.63, 3.8) is 0 Å². The Morgan fingerprint density at radius 1 is 0.800 bits per heavy atom. The fourth-order valence-corrected chi connectivity index (χ4v) is 2.37. The molecule has 0 heterocycles. The SMILES string of the molecule is Cc1ccc(Cc2ccc(C)cc2OCC(=O)O)c(OCC(=O)O)c1. The third-order valence-electron chi connectivity index (χ3n) is 3.53. The molecule has 0 aliphatic rings. The quantitative estimate of drug-likeness (QED) is 0.765. The van der Waals surface area contributed by atoms with Gasteiger partial charge in [-0.15, -0.1) is 0 Å². The molecule has 6 nitrogen and oxygen atoms in total. The van der Waals surface area contributed by atoms with Crippen LogP contribution in [0.2, 0.25) is 0 Å². The number of carboxylic acids is 2. The molecule has 0 fully saturated rings. The third kappa shape index (κ3) is 5.53. The van der Waals surface area contributed by atoms with E-state index in [9.17, 15) is 9.59 Å². The topological polar surface area (TPSA) is 93.1 Å². The molecule has 2 aromatic rings. The van der Waals surface area contributed by atoms with Gasteiger partial charge in [-0.2, -0.15) is 0 Å². The summed E-state index contributed by atoms with van der Waals surface area (Å²) in [6.07, 6.45) is 0.435. The molecule has 2 aromatic carbocycles. The van der Waals surface area contributed by atoms with Gasteiger partial charge in [-0.1, -0.05) is 24.3 Å². The van der Waals surface area contributed by atoms with Crippen LogP contribution in [0, 0.1) is 13.8 Å². The molecule has 132 valence electrons. The molecule has 0 aromatic heterocycles. The van der Waals surface area contributed by atoms with Crippen molar-refractivity contribution in [2.75, 3.05) is 13.2 Å². The van der Waals surface area contributed by atoms with Crippen molar-refractivity contribution in [3.05, 3.63) is 58.7 Å². The number of rotatable bonds is 8.